The van der Waals surface area contributed by atoms with Crippen molar-refractivity contribution in [1.82, 2.24) is 14.8 Å². The highest BCUT2D eigenvalue weighted by Gasteiger charge is 2.29. The summed E-state index contributed by atoms with van der Waals surface area (Å²) in [6.07, 6.45) is 5.36. The van der Waals surface area contributed by atoms with Crippen LogP contribution in [-0.4, -0.2) is 39.5 Å². The number of carbonyl (C=O) groups is 2. The number of halogens is 1. The molecule has 1 saturated carbocycles. The van der Waals surface area contributed by atoms with Gasteiger partial charge in [-0.05, 0) is 36.8 Å². The van der Waals surface area contributed by atoms with E-state index >= 15 is 0 Å². The summed E-state index contributed by atoms with van der Waals surface area (Å²) >= 11 is 7.51. The first-order valence-electron chi connectivity index (χ1n) is 10.2. The summed E-state index contributed by atoms with van der Waals surface area (Å²) in [5, 5.41) is 17.5. The zero-order chi connectivity index (χ0) is 23.4. The van der Waals surface area contributed by atoms with Gasteiger partial charge in [-0.25, -0.2) is 14.5 Å². The number of anilines is 1. The van der Waals surface area contributed by atoms with Crippen LogP contribution < -0.4 is 5.32 Å². The van der Waals surface area contributed by atoms with E-state index < -0.39 is 18.5 Å². The molecule has 2 aromatic heterocycles. The summed E-state index contributed by atoms with van der Waals surface area (Å²) in [5.41, 5.74) is 1.92. The molecule has 0 bridgehead atoms. The molecular weight excluding hydrogens is 462 g/mol. The Labute approximate surface area is 199 Å². The van der Waals surface area contributed by atoms with Gasteiger partial charge in [-0.15, -0.1) is 11.8 Å². The standard InChI is InChI=1S/C23H20ClN5O3S/c1-33-22-17(11-25)16(10-19(27-22)14-6-7-14)23(31)32-13-21(30)28-20-8-9-26-29(20)12-15-4-2-3-5-18(15)24/h2-5,8-10,14H,6-7,12-13H2,1H3,(H,28,30). The van der Waals surface area contributed by atoms with Crippen molar-refractivity contribution in [3.05, 3.63) is 70.0 Å². The third-order valence-electron chi connectivity index (χ3n) is 5.12. The van der Waals surface area contributed by atoms with E-state index in [1.54, 1.807) is 35.3 Å². The number of hydrogen-bond donors (Lipinski definition) is 1. The first-order valence-corrected chi connectivity index (χ1v) is 11.8. The number of hydrogen-bond acceptors (Lipinski definition) is 7. The molecule has 0 saturated heterocycles. The lowest BCUT2D eigenvalue weighted by molar-refractivity contribution is -0.119. The number of amides is 1. The summed E-state index contributed by atoms with van der Waals surface area (Å²) in [7, 11) is 0. The lowest BCUT2D eigenvalue weighted by Gasteiger charge is -2.12. The molecule has 2 heterocycles. The number of ether oxygens (including phenoxy) is 1. The number of rotatable bonds is 8. The summed E-state index contributed by atoms with van der Waals surface area (Å²) < 4.78 is 6.81. The van der Waals surface area contributed by atoms with Gasteiger partial charge in [0.1, 0.15) is 16.9 Å². The summed E-state index contributed by atoms with van der Waals surface area (Å²) in [6.45, 7) is -0.136. The van der Waals surface area contributed by atoms with Crippen LogP contribution in [0.25, 0.3) is 0 Å². The lowest BCUT2D eigenvalue weighted by Crippen LogP contribution is -2.23. The third kappa shape index (κ3) is 5.35. The molecule has 0 atom stereocenters. The molecule has 1 aromatic carbocycles. The molecule has 1 amide bonds. The average Bonchev–Trinajstić information content (AvgIpc) is 3.59. The van der Waals surface area contributed by atoms with Crippen molar-refractivity contribution in [2.24, 2.45) is 0 Å². The van der Waals surface area contributed by atoms with Crippen molar-refractivity contribution in [3.8, 4) is 6.07 Å². The molecule has 1 aliphatic rings. The van der Waals surface area contributed by atoms with Crippen LogP contribution in [-0.2, 0) is 16.1 Å². The Hall–Kier alpha value is -3.35. The molecular formula is C23H20ClN5O3S. The van der Waals surface area contributed by atoms with Crippen molar-refractivity contribution in [3.63, 3.8) is 0 Å². The van der Waals surface area contributed by atoms with Crippen LogP contribution in [0.4, 0.5) is 5.82 Å². The van der Waals surface area contributed by atoms with Crippen LogP contribution in [0.15, 0.2) is 47.6 Å². The van der Waals surface area contributed by atoms with Crippen molar-refractivity contribution in [2.45, 2.75) is 30.3 Å². The van der Waals surface area contributed by atoms with Gasteiger partial charge in [-0.1, -0.05) is 29.8 Å². The van der Waals surface area contributed by atoms with Crippen molar-refractivity contribution >= 4 is 41.1 Å². The molecule has 168 valence electrons. The van der Waals surface area contributed by atoms with Gasteiger partial charge in [0.15, 0.2) is 6.61 Å². The number of nitrogens with zero attached hydrogens (tertiary/aromatic N) is 4. The fourth-order valence-electron chi connectivity index (χ4n) is 3.29. The van der Waals surface area contributed by atoms with E-state index in [-0.39, 0.29) is 11.1 Å². The monoisotopic (exact) mass is 481 g/mol. The molecule has 3 aromatic rings. The SMILES string of the molecule is CSc1nc(C2CC2)cc(C(=O)OCC(=O)Nc2ccnn2Cc2ccccc2Cl)c1C#N. The highest BCUT2D eigenvalue weighted by molar-refractivity contribution is 7.98. The zero-order valence-electron chi connectivity index (χ0n) is 17.7. The smallest absolute Gasteiger partial charge is 0.340 e. The molecule has 33 heavy (non-hydrogen) atoms. The maximum Gasteiger partial charge on any atom is 0.340 e. The van der Waals surface area contributed by atoms with E-state index in [1.165, 1.54) is 11.8 Å². The van der Waals surface area contributed by atoms with E-state index in [0.717, 1.165) is 24.1 Å². The normalized spacial score (nSPS) is 12.8. The second-order valence-corrected chi connectivity index (χ2v) is 8.66. The Balaban J connectivity index is 1.42. The van der Waals surface area contributed by atoms with Crippen molar-refractivity contribution < 1.29 is 14.3 Å². The predicted octanol–water partition coefficient (Wildman–Crippen LogP) is 4.25. The van der Waals surface area contributed by atoms with E-state index in [0.29, 0.717) is 28.3 Å². The van der Waals surface area contributed by atoms with Crippen LogP contribution in [0.2, 0.25) is 5.02 Å². The van der Waals surface area contributed by atoms with Crippen LogP contribution in [0.3, 0.4) is 0 Å². The Morgan fingerprint density at radius 2 is 2.12 bits per heavy atom. The number of aromatic nitrogens is 3. The zero-order valence-corrected chi connectivity index (χ0v) is 19.3. The number of thioether (sulfide) groups is 1. The number of pyridine rings is 1. The largest absolute Gasteiger partial charge is 0.452 e. The summed E-state index contributed by atoms with van der Waals surface area (Å²) in [6, 6.07) is 12.6. The summed E-state index contributed by atoms with van der Waals surface area (Å²) in [5.74, 6) is -0.509. The van der Waals surface area contributed by atoms with Crippen LogP contribution in [0, 0.1) is 11.3 Å². The quantitative estimate of drug-likeness (QED) is 0.378. The predicted molar refractivity (Wildman–Crippen MR) is 124 cm³/mol. The van der Waals surface area contributed by atoms with E-state index in [2.05, 4.69) is 15.4 Å². The maximum absolute atomic E-state index is 12.7. The van der Waals surface area contributed by atoms with Gasteiger partial charge >= 0.3 is 5.97 Å². The van der Waals surface area contributed by atoms with E-state index in [1.807, 2.05) is 24.3 Å². The van der Waals surface area contributed by atoms with Crippen LogP contribution >= 0.6 is 23.4 Å². The third-order valence-corrected chi connectivity index (χ3v) is 6.17. The number of benzene rings is 1. The molecule has 4 rings (SSSR count). The summed E-state index contributed by atoms with van der Waals surface area (Å²) in [4.78, 5) is 29.7. The fourth-order valence-corrected chi connectivity index (χ4v) is 4.04. The second-order valence-electron chi connectivity index (χ2n) is 7.45. The van der Waals surface area contributed by atoms with Gasteiger partial charge in [-0.3, -0.25) is 4.79 Å². The minimum absolute atomic E-state index is 0.135. The molecule has 1 N–H and O–H groups in total. The van der Waals surface area contributed by atoms with E-state index in [4.69, 9.17) is 16.3 Å². The average molecular weight is 482 g/mol. The molecule has 0 aliphatic heterocycles. The van der Waals surface area contributed by atoms with Gasteiger partial charge in [0.05, 0.1) is 23.9 Å². The molecule has 1 aliphatic carbocycles. The first kappa shape index (κ1) is 22.8. The maximum atomic E-state index is 12.7. The minimum Gasteiger partial charge on any atom is -0.452 e. The van der Waals surface area contributed by atoms with Gasteiger partial charge in [-0.2, -0.15) is 10.4 Å². The topological polar surface area (TPSA) is 110 Å². The Morgan fingerprint density at radius 3 is 2.82 bits per heavy atom. The molecule has 0 unspecified atom stereocenters. The molecule has 8 nitrogen and oxygen atoms in total. The van der Waals surface area contributed by atoms with Gasteiger partial charge < -0.3 is 10.1 Å². The molecule has 0 radical (unpaired) electrons. The number of carbonyl (C=O) groups excluding carboxylic acids is 2. The highest BCUT2D eigenvalue weighted by atomic mass is 35.5. The van der Waals surface area contributed by atoms with Gasteiger partial charge in [0, 0.05) is 22.7 Å². The van der Waals surface area contributed by atoms with Crippen LogP contribution in [0.1, 0.15) is 45.9 Å². The van der Waals surface area contributed by atoms with Gasteiger partial charge in [0.25, 0.3) is 5.91 Å². The highest BCUT2D eigenvalue weighted by Crippen LogP contribution is 2.40. The number of esters is 1. The Kier molecular flexibility index (Phi) is 6.96. The van der Waals surface area contributed by atoms with Crippen LogP contribution in [0.5, 0.6) is 0 Å². The first-order chi connectivity index (χ1) is 16.0. The second kappa shape index (κ2) is 10.1. The molecule has 0 spiro atoms. The van der Waals surface area contributed by atoms with Crippen molar-refractivity contribution in [1.29, 1.82) is 5.26 Å². The number of nitrogens with one attached hydrogen (secondary N) is 1. The number of nitriles is 1. The van der Waals surface area contributed by atoms with E-state index in [9.17, 15) is 14.9 Å². The molecule has 10 heteroatoms. The minimum atomic E-state index is -0.731. The molecule has 1 fully saturated rings. The van der Waals surface area contributed by atoms with Gasteiger partial charge in [0.2, 0.25) is 0 Å². The lowest BCUT2D eigenvalue weighted by atomic mass is 10.1. The fraction of sp³-hybridized carbons (Fsp3) is 0.261. The Bertz CT molecular complexity index is 1250. The Morgan fingerprint density at radius 1 is 1.33 bits per heavy atom. The van der Waals surface area contributed by atoms with Crippen molar-refractivity contribution in [2.75, 3.05) is 18.2 Å².